The fourth-order valence-corrected chi connectivity index (χ4v) is 3.33. The Labute approximate surface area is 150 Å². The van der Waals surface area contributed by atoms with Crippen LogP contribution in [0.1, 0.15) is 61.7 Å². The maximum Gasteiger partial charge on any atom is 0.251 e. The summed E-state index contributed by atoms with van der Waals surface area (Å²) < 4.78 is 0. The lowest BCUT2D eigenvalue weighted by molar-refractivity contribution is -0.117. The molecule has 0 radical (unpaired) electrons. The molecule has 0 saturated heterocycles. The zero-order valence-corrected chi connectivity index (χ0v) is 14.9. The largest absolute Gasteiger partial charge is 0.351 e. The van der Waals surface area contributed by atoms with E-state index in [1.165, 1.54) is 38.5 Å². The third kappa shape index (κ3) is 5.85. The highest BCUT2D eigenvalue weighted by Gasteiger charge is 2.29. The molecular formula is C20H29N3O2. The van der Waals surface area contributed by atoms with Crippen molar-refractivity contribution in [3.8, 4) is 0 Å². The Balaban J connectivity index is 1.36. The molecule has 5 heteroatoms. The van der Waals surface area contributed by atoms with E-state index in [0.717, 1.165) is 25.1 Å². The van der Waals surface area contributed by atoms with Gasteiger partial charge in [-0.15, -0.1) is 0 Å². The van der Waals surface area contributed by atoms with Gasteiger partial charge in [-0.05, 0) is 49.9 Å². The van der Waals surface area contributed by atoms with Crippen molar-refractivity contribution >= 4 is 17.5 Å². The van der Waals surface area contributed by atoms with Gasteiger partial charge in [0.05, 0.1) is 0 Å². The molecule has 5 nitrogen and oxygen atoms in total. The second-order valence-electron chi connectivity index (χ2n) is 7.24. The first-order chi connectivity index (χ1) is 12.2. The van der Waals surface area contributed by atoms with Gasteiger partial charge in [0, 0.05) is 36.3 Å². The molecule has 1 aromatic rings. The van der Waals surface area contributed by atoms with Crippen LogP contribution < -0.4 is 16.0 Å². The van der Waals surface area contributed by atoms with E-state index in [0.29, 0.717) is 18.2 Å². The van der Waals surface area contributed by atoms with E-state index >= 15 is 0 Å². The molecular weight excluding hydrogens is 314 g/mol. The van der Waals surface area contributed by atoms with Crippen LogP contribution in [0.25, 0.3) is 0 Å². The number of benzene rings is 1. The van der Waals surface area contributed by atoms with E-state index in [-0.39, 0.29) is 17.7 Å². The Kier molecular flexibility index (Phi) is 6.45. The van der Waals surface area contributed by atoms with Gasteiger partial charge in [-0.3, -0.25) is 9.59 Å². The SMILES string of the molecule is O=C(NCCNC1CCCCCC1)c1ccc(NC(=O)C2CC2)cc1. The van der Waals surface area contributed by atoms with Gasteiger partial charge in [-0.25, -0.2) is 0 Å². The van der Waals surface area contributed by atoms with E-state index in [4.69, 9.17) is 0 Å². The van der Waals surface area contributed by atoms with Gasteiger partial charge >= 0.3 is 0 Å². The summed E-state index contributed by atoms with van der Waals surface area (Å²) in [7, 11) is 0. The van der Waals surface area contributed by atoms with Gasteiger partial charge < -0.3 is 16.0 Å². The van der Waals surface area contributed by atoms with Gasteiger partial charge in [-0.1, -0.05) is 25.7 Å². The number of hydrogen-bond acceptors (Lipinski definition) is 3. The Morgan fingerprint density at radius 2 is 1.56 bits per heavy atom. The smallest absolute Gasteiger partial charge is 0.251 e. The van der Waals surface area contributed by atoms with Gasteiger partial charge in [0.25, 0.3) is 5.91 Å². The molecule has 1 aromatic carbocycles. The minimum atomic E-state index is -0.0669. The lowest BCUT2D eigenvalue weighted by Crippen LogP contribution is -2.36. The predicted molar refractivity (Wildman–Crippen MR) is 99.6 cm³/mol. The Bertz CT molecular complexity index is 573. The van der Waals surface area contributed by atoms with Crippen LogP contribution in [-0.2, 0) is 4.79 Å². The molecule has 0 heterocycles. The highest BCUT2D eigenvalue weighted by Crippen LogP contribution is 2.30. The van der Waals surface area contributed by atoms with Gasteiger partial charge in [0.1, 0.15) is 0 Å². The van der Waals surface area contributed by atoms with Crippen LogP contribution in [0.4, 0.5) is 5.69 Å². The maximum atomic E-state index is 12.2. The van der Waals surface area contributed by atoms with Crippen LogP contribution in [0.3, 0.4) is 0 Å². The summed E-state index contributed by atoms with van der Waals surface area (Å²) >= 11 is 0. The normalized spacial score (nSPS) is 18.4. The summed E-state index contributed by atoms with van der Waals surface area (Å²) in [6.07, 6.45) is 9.81. The minimum absolute atomic E-state index is 0.0669. The molecule has 0 aliphatic heterocycles. The summed E-state index contributed by atoms with van der Waals surface area (Å²) in [6.45, 7) is 1.45. The van der Waals surface area contributed by atoms with Crippen molar-refractivity contribution < 1.29 is 9.59 Å². The summed E-state index contributed by atoms with van der Waals surface area (Å²) in [4.78, 5) is 23.9. The van der Waals surface area contributed by atoms with E-state index < -0.39 is 0 Å². The topological polar surface area (TPSA) is 70.2 Å². The molecule has 2 amide bonds. The predicted octanol–water partition coefficient (Wildman–Crippen LogP) is 3.08. The maximum absolute atomic E-state index is 12.2. The number of carbonyl (C=O) groups excluding carboxylic acids is 2. The monoisotopic (exact) mass is 343 g/mol. The van der Waals surface area contributed by atoms with Crippen molar-refractivity contribution in [2.24, 2.45) is 5.92 Å². The van der Waals surface area contributed by atoms with E-state index in [1.807, 2.05) is 0 Å². The zero-order chi connectivity index (χ0) is 17.5. The van der Waals surface area contributed by atoms with Crippen LogP contribution in [-0.4, -0.2) is 30.9 Å². The molecule has 25 heavy (non-hydrogen) atoms. The third-order valence-corrected chi connectivity index (χ3v) is 5.06. The summed E-state index contributed by atoms with van der Waals surface area (Å²) in [5.74, 6) is 0.202. The van der Waals surface area contributed by atoms with Gasteiger partial charge in [0.15, 0.2) is 0 Å². The quantitative estimate of drug-likeness (QED) is 0.526. The van der Waals surface area contributed by atoms with Gasteiger partial charge in [-0.2, -0.15) is 0 Å². The van der Waals surface area contributed by atoms with Crippen molar-refractivity contribution in [3.63, 3.8) is 0 Å². The number of carbonyl (C=O) groups is 2. The van der Waals surface area contributed by atoms with Crippen molar-refractivity contribution in [1.82, 2.24) is 10.6 Å². The lowest BCUT2D eigenvalue weighted by Gasteiger charge is -2.16. The zero-order valence-electron chi connectivity index (χ0n) is 14.9. The highest BCUT2D eigenvalue weighted by molar-refractivity contribution is 5.96. The second-order valence-corrected chi connectivity index (χ2v) is 7.24. The molecule has 0 atom stereocenters. The Morgan fingerprint density at radius 1 is 0.880 bits per heavy atom. The molecule has 2 fully saturated rings. The van der Waals surface area contributed by atoms with Gasteiger partial charge in [0.2, 0.25) is 5.91 Å². The van der Waals surface area contributed by atoms with Crippen LogP contribution >= 0.6 is 0 Å². The first kappa shape index (κ1) is 17.9. The van der Waals surface area contributed by atoms with Crippen molar-refractivity contribution in [2.75, 3.05) is 18.4 Å². The minimum Gasteiger partial charge on any atom is -0.351 e. The lowest BCUT2D eigenvalue weighted by atomic mass is 10.1. The van der Waals surface area contributed by atoms with E-state index in [1.54, 1.807) is 24.3 Å². The molecule has 0 unspecified atom stereocenters. The number of nitrogens with one attached hydrogen (secondary N) is 3. The van der Waals surface area contributed by atoms with Crippen LogP contribution in [0, 0.1) is 5.92 Å². The average molecular weight is 343 g/mol. The van der Waals surface area contributed by atoms with E-state index in [2.05, 4.69) is 16.0 Å². The van der Waals surface area contributed by atoms with Crippen molar-refractivity contribution in [3.05, 3.63) is 29.8 Å². The fourth-order valence-electron chi connectivity index (χ4n) is 3.33. The number of amides is 2. The fraction of sp³-hybridized carbons (Fsp3) is 0.600. The molecule has 0 aromatic heterocycles. The Hall–Kier alpha value is -1.88. The van der Waals surface area contributed by atoms with Crippen LogP contribution in [0.5, 0.6) is 0 Å². The first-order valence-electron chi connectivity index (χ1n) is 9.65. The molecule has 0 spiro atoms. The van der Waals surface area contributed by atoms with Crippen molar-refractivity contribution in [2.45, 2.75) is 57.4 Å². The number of rotatable bonds is 7. The third-order valence-electron chi connectivity index (χ3n) is 5.06. The number of anilines is 1. The summed E-state index contributed by atoms with van der Waals surface area (Å²) in [5.41, 5.74) is 1.38. The molecule has 3 rings (SSSR count). The van der Waals surface area contributed by atoms with Crippen LogP contribution in [0.2, 0.25) is 0 Å². The number of hydrogen-bond donors (Lipinski definition) is 3. The summed E-state index contributed by atoms with van der Waals surface area (Å²) in [6, 6.07) is 7.71. The molecule has 3 N–H and O–H groups in total. The first-order valence-corrected chi connectivity index (χ1v) is 9.65. The van der Waals surface area contributed by atoms with Crippen molar-refractivity contribution in [1.29, 1.82) is 0 Å². The molecule has 2 aliphatic carbocycles. The highest BCUT2D eigenvalue weighted by atomic mass is 16.2. The molecule has 2 saturated carbocycles. The Morgan fingerprint density at radius 3 is 2.20 bits per heavy atom. The molecule has 136 valence electrons. The van der Waals surface area contributed by atoms with E-state index in [9.17, 15) is 9.59 Å². The van der Waals surface area contributed by atoms with Crippen LogP contribution in [0.15, 0.2) is 24.3 Å². The second kappa shape index (κ2) is 8.99. The molecule has 0 bridgehead atoms. The standard InChI is InChI=1S/C20H29N3O2/c24-19(22-14-13-21-17-5-3-1-2-4-6-17)15-9-11-18(12-10-15)23-20(25)16-7-8-16/h9-12,16-17,21H,1-8,13-14H2,(H,22,24)(H,23,25). The molecule has 2 aliphatic rings. The summed E-state index contributed by atoms with van der Waals surface area (Å²) in [5, 5.41) is 9.39. The average Bonchev–Trinajstić information content (AvgIpc) is 3.46.